The van der Waals surface area contributed by atoms with Gasteiger partial charge in [0, 0.05) is 49.2 Å². The highest BCUT2D eigenvalue weighted by Crippen LogP contribution is 2.23. The van der Waals surface area contributed by atoms with Crippen LogP contribution in [0.3, 0.4) is 0 Å². The number of carbonyl (C=O) groups is 2. The Morgan fingerprint density at radius 1 is 1.11 bits per heavy atom. The van der Waals surface area contributed by atoms with E-state index < -0.39 is 0 Å². The van der Waals surface area contributed by atoms with Gasteiger partial charge < -0.3 is 19.5 Å². The molecular weight excluding hydrogens is 488 g/mol. The molecule has 2 amide bonds. The minimum atomic E-state index is -0.110. The monoisotopic (exact) mass is 516 g/mol. The summed E-state index contributed by atoms with van der Waals surface area (Å²) in [5.74, 6) is 0.0444. The molecule has 4 aromatic rings. The minimum Gasteiger partial charge on any atom is -0.424 e. The number of hydrogen-bond donors (Lipinski definition) is 1. The van der Waals surface area contributed by atoms with E-state index in [2.05, 4.69) is 17.2 Å². The van der Waals surface area contributed by atoms with E-state index in [-0.39, 0.29) is 17.9 Å². The lowest BCUT2D eigenvalue weighted by molar-refractivity contribution is -0.128. The number of nitrogens with one attached hydrogen (secondary N) is 1. The standard InChI is InChI=1S/C29H29ClN4O3/c1-20-10-13-27(35)34(20)15-14-33(19-21-6-3-2-4-7-21)28(36)23-11-12-26-25(17-23)32-29(37-26)31-18-22-8-5-9-24(30)16-22/h2-9,11-12,16-17,20H,10,13-15,18-19H2,1H3,(H,31,32). The summed E-state index contributed by atoms with van der Waals surface area (Å²) in [7, 11) is 0. The number of rotatable bonds is 9. The van der Waals surface area contributed by atoms with Crippen molar-refractivity contribution in [3.05, 3.63) is 94.5 Å². The summed E-state index contributed by atoms with van der Waals surface area (Å²) >= 11 is 6.07. The Morgan fingerprint density at radius 2 is 1.92 bits per heavy atom. The summed E-state index contributed by atoms with van der Waals surface area (Å²) in [6.45, 7) is 4.00. The first-order valence-electron chi connectivity index (χ1n) is 12.5. The second-order valence-electron chi connectivity index (χ2n) is 9.37. The SMILES string of the molecule is CC1CCC(=O)N1CCN(Cc1ccccc1)C(=O)c1ccc2oc(NCc3cccc(Cl)c3)nc2c1. The van der Waals surface area contributed by atoms with E-state index in [9.17, 15) is 9.59 Å². The molecule has 1 aliphatic heterocycles. The van der Waals surface area contributed by atoms with Gasteiger partial charge in [-0.3, -0.25) is 9.59 Å². The topological polar surface area (TPSA) is 78.7 Å². The van der Waals surface area contributed by atoms with Crippen LogP contribution in [-0.4, -0.2) is 45.7 Å². The van der Waals surface area contributed by atoms with Gasteiger partial charge in [0.05, 0.1) is 0 Å². The number of benzene rings is 3. The fourth-order valence-electron chi connectivity index (χ4n) is 4.65. The zero-order valence-corrected chi connectivity index (χ0v) is 21.4. The molecular formula is C29H29ClN4O3. The average Bonchev–Trinajstić information content (AvgIpc) is 3.47. The molecule has 0 spiro atoms. The van der Waals surface area contributed by atoms with Crippen molar-refractivity contribution >= 4 is 40.5 Å². The normalized spacial score (nSPS) is 15.4. The molecule has 5 rings (SSSR count). The molecule has 1 saturated heterocycles. The van der Waals surface area contributed by atoms with Crippen molar-refractivity contribution in [3.63, 3.8) is 0 Å². The molecule has 1 unspecified atom stereocenters. The third-order valence-electron chi connectivity index (χ3n) is 6.71. The molecule has 1 aromatic heterocycles. The van der Waals surface area contributed by atoms with Gasteiger partial charge >= 0.3 is 0 Å². The Labute approximate surface area is 221 Å². The quantitative estimate of drug-likeness (QED) is 0.306. The van der Waals surface area contributed by atoms with Crippen molar-refractivity contribution in [1.29, 1.82) is 0 Å². The van der Waals surface area contributed by atoms with E-state index in [1.807, 2.05) is 59.5 Å². The molecule has 0 aliphatic carbocycles. The largest absolute Gasteiger partial charge is 0.424 e. The number of halogens is 1. The molecule has 0 bridgehead atoms. The maximum atomic E-state index is 13.6. The fraction of sp³-hybridized carbons (Fsp3) is 0.276. The lowest BCUT2D eigenvalue weighted by Crippen LogP contribution is -2.41. The highest BCUT2D eigenvalue weighted by molar-refractivity contribution is 6.30. The number of oxazole rings is 1. The van der Waals surface area contributed by atoms with Crippen LogP contribution >= 0.6 is 11.6 Å². The summed E-state index contributed by atoms with van der Waals surface area (Å²) in [5, 5.41) is 3.84. The first kappa shape index (κ1) is 24.8. The zero-order chi connectivity index (χ0) is 25.8. The summed E-state index contributed by atoms with van der Waals surface area (Å²) in [4.78, 5) is 34.2. The minimum absolute atomic E-state index is 0.110. The Kier molecular flexibility index (Phi) is 7.42. The number of nitrogens with zero attached hydrogens (tertiary/aromatic N) is 3. The number of aromatic nitrogens is 1. The Hall–Kier alpha value is -3.84. The number of amides is 2. The van der Waals surface area contributed by atoms with Gasteiger partial charge in [-0.1, -0.05) is 54.1 Å². The molecule has 1 atom stereocenters. The molecule has 1 fully saturated rings. The van der Waals surface area contributed by atoms with Crippen molar-refractivity contribution < 1.29 is 14.0 Å². The lowest BCUT2D eigenvalue weighted by Gasteiger charge is -2.28. The van der Waals surface area contributed by atoms with Crippen molar-refractivity contribution in [2.75, 3.05) is 18.4 Å². The van der Waals surface area contributed by atoms with Crippen LogP contribution in [0.5, 0.6) is 0 Å². The summed E-state index contributed by atoms with van der Waals surface area (Å²) in [6.07, 6.45) is 1.44. The number of anilines is 1. The molecule has 0 saturated carbocycles. The second kappa shape index (κ2) is 11.0. The molecule has 7 nitrogen and oxygen atoms in total. The van der Waals surface area contributed by atoms with E-state index >= 15 is 0 Å². The van der Waals surface area contributed by atoms with Crippen LogP contribution in [0.1, 0.15) is 41.3 Å². The smallest absolute Gasteiger partial charge is 0.295 e. The first-order chi connectivity index (χ1) is 18.0. The van der Waals surface area contributed by atoms with Crippen LogP contribution in [0.15, 0.2) is 77.2 Å². The molecule has 37 heavy (non-hydrogen) atoms. The molecule has 8 heteroatoms. The molecule has 2 heterocycles. The molecule has 1 N–H and O–H groups in total. The Morgan fingerprint density at radius 3 is 2.68 bits per heavy atom. The maximum absolute atomic E-state index is 13.6. The van der Waals surface area contributed by atoms with Crippen LogP contribution in [0, 0.1) is 0 Å². The summed E-state index contributed by atoms with van der Waals surface area (Å²) in [6, 6.07) is 23.3. The maximum Gasteiger partial charge on any atom is 0.295 e. The first-order valence-corrected chi connectivity index (χ1v) is 12.9. The van der Waals surface area contributed by atoms with Gasteiger partial charge in [0.2, 0.25) is 5.91 Å². The predicted octanol–water partition coefficient (Wildman–Crippen LogP) is 5.75. The van der Waals surface area contributed by atoms with Gasteiger partial charge in [-0.05, 0) is 54.8 Å². The highest BCUT2D eigenvalue weighted by atomic mass is 35.5. The third kappa shape index (κ3) is 5.94. The highest BCUT2D eigenvalue weighted by Gasteiger charge is 2.28. The van der Waals surface area contributed by atoms with Gasteiger partial charge in [0.25, 0.3) is 11.9 Å². The van der Waals surface area contributed by atoms with Gasteiger partial charge in [-0.15, -0.1) is 0 Å². The zero-order valence-electron chi connectivity index (χ0n) is 20.7. The summed E-state index contributed by atoms with van der Waals surface area (Å²) < 4.78 is 5.83. The molecule has 3 aromatic carbocycles. The van der Waals surface area contributed by atoms with Gasteiger partial charge in [0.15, 0.2) is 5.58 Å². The van der Waals surface area contributed by atoms with Gasteiger partial charge in [0.1, 0.15) is 5.52 Å². The molecule has 0 radical (unpaired) electrons. The van der Waals surface area contributed by atoms with Crippen LogP contribution in [-0.2, 0) is 17.9 Å². The predicted molar refractivity (Wildman–Crippen MR) is 144 cm³/mol. The van der Waals surface area contributed by atoms with Crippen molar-refractivity contribution in [3.8, 4) is 0 Å². The van der Waals surface area contributed by atoms with Crippen molar-refractivity contribution in [1.82, 2.24) is 14.8 Å². The van der Waals surface area contributed by atoms with E-state index in [1.54, 1.807) is 23.1 Å². The van der Waals surface area contributed by atoms with Crippen molar-refractivity contribution in [2.24, 2.45) is 0 Å². The Bertz CT molecular complexity index is 1400. The fourth-order valence-corrected chi connectivity index (χ4v) is 4.86. The number of likely N-dealkylation sites (tertiary alicyclic amines) is 1. The third-order valence-corrected chi connectivity index (χ3v) is 6.95. The van der Waals surface area contributed by atoms with Crippen LogP contribution < -0.4 is 5.32 Å². The van der Waals surface area contributed by atoms with Gasteiger partial charge in [-0.25, -0.2) is 0 Å². The number of fused-ring (bicyclic) bond motifs is 1. The number of carbonyl (C=O) groups excluding carboxylic acids is 2. The second-order valence-corrected chi connectivity index (χ2v) is 9.81. The Balaban J connectivity index is 1.33. The number of hydrogen-bond acceptors (Lipinski definition) is 5. The lowest BCUT2D eigenvalue weighted by atomic mass is 10.1. The van der Waals surface area contributed by atoms with E-state index in [0.29, 0.717) is 60.3 Å². The van der Waals surface area contributed by atoms with Crippen LogP contribution in [0.25, 0.3) is 11.1 Å². The van der Waals surface area contributed by atoms with Crippen LogP contribution in [0.2, 0.25) is 5.02 Å². The summed E-state index contributed by atoms with van der Waals surface area (Å²) in [5.41, 5.74) is 3.76. The van der Waals surface area contributed by atoms with Crippen molar-refractivity contribution in [2.45, 2.75) is 38.9 Å². The van der Waals surface area contributed by atoms with E-state index in [0.717, 1.165) is 17.5 Å². The average molecular weight is 517 g/mol. The molecule has 1 aliphatic rings. The van der Waals surface area contributed by atoms with E-state index in [1.165, 1.54) is 0 Å². The van der Waals surface area contributed by atoms with Gasteiger partial charge in [-0.2, -0.15) is 4.98 Å². The van der Waals surface area contributed by atoms with Crippen LogP contribution in [0.4, 0.5) is 6.01 Å². The molecule has 190 valence electrons. The van der Waals surface area contributed by atoms with E-state index in [4.69, 9.17) is 16.0 Å².